The molecule has 1 aliphatic rings. The first-order valence-corrected chi connectivity index (χ1v) is 6.86. The van der Waals surface area contributed by atoms with E-state index in [0.717, 1.165) is 29.8 Å². The first-order chi connectivity index (χ1) is 8.59. The van der Waals surface area contributed by atoms with Gasteiger partial charge >= 0.3 is 0 Å². The standard InChI is InChI=1S/C14H23N3O/c1-10-13(11(2)17(3)16-10)9-15-14(18)12-7-5-4-6-8-12/h12H,4-9H2,1-3H3,(H,15,18). The SMILES string of the molecule is Cc1nn(C)c(C)c1CNC(=O)C1CCCCC1. The molecule has 0 unspecified atom stereocenters. The van der Waals surface area contributed by atoms with Crippen molar-refractivity contribution < 1.29 is 4.79 Å². The van der Waals surface area contributed by atoms with Gasteiger partial charge in [-0.05, 0) is 26.7 Å². The van der Waals surface area contributed by atoms with E-state index in [0.29, 0.717) is 6.54 Å². The Labute approximate surface area is 109 Å². The van der Waals surface area contributed by atoms with Gasteiger partial charge in [0.05, 0.1) is 5.69 Å². The predicted molar refractivity (Wildman–Crippen MR) is 71.1 cm³/mol. The van der Waals surface area contributed by atoms with E-state index < -0.39 is 0 Å². The maximum Gasteiger partial charge on any atom is 0.223 e. The molecule has 0 aromatic carbocycles. The van der Waals surface area contributed by atoms with Crippen LogP contribution in [-0.2, 0) is 18.4 Å². The quantitative estimate of drug-likeness (QED) is 0.893. The van der Waals surface area contributed by atoms with Gasteiger partial charge in [0, 0.05) is 30.8 Å². The third-order valence-corrected chi connectivity index (χ3v) is 4.07. The minimum absolute atomic E-state index is 0.220. The molecule has 0 saturated heterocycles. The number of carbonyl (C=O) groups excluding carboxylic acids is 1. The summed E-state index contributed by atoms with van der Waals surface area (Å²) < 4.78 is 1.87. The molecule has 1 N–H and O–H groups in total. The van der Waals surface area contributed by atoms with Gasteiger partial charge in [0.2, 0.25) is 5.91 Å². The van der Waals surface area contributed by atoms with Gasteiger partial charge in [0.25, 0.3) is 0 Å². The molecule has 1 aromatic rings. The molecular weight excluding hydrogens is 226 g/mol. The maximum atomic E-state index is 12.1. The lowest BCUT2D eigenvalue weighted by atomic mass is 9.88. The van der Waals surface area contributed by atoms with Crippen LogP contribution in [0.15, 0.2) is 0 Å². The third kappa shape index (κ3) is 2.74. The minimum Gasteiger partial charge on any atom is -0.352 e. The van der Waals surface area contributed by atoms with E-state index in [-0.39, 0.29) is 11.8 Å². The maximum absolute atomic E-state index is 12.1. The highest BCUT2D eigenvalue weighted by Crippen LogP contribution is 2.23. The lowest BCUT2D eigenvalue weighted by Crippen LogP contribution is -2.31. The first-order valence-electron chi connectivity index (χ1n) is 6.86. The van der Waals surface area contributed by atoms with Crippen LogP contribution in [-0.4, -0.2) is 15.7 Å². The van der Waals surface area contributed by atoms with E-state index in [4.69, 9.17) is 0 Å². The van der Waals surface area contributed by atoms with Crippen LogP contribution >= 0.6 is 0 Å². The van der Waals surface area contributed by atoms with E-state index in [9.17, 15) is 4.79 Å². The largest absolute Gasteiger partial charge is 0.352 e. The van der Waals surface area contributed by atoms with Gasteiger partial charge in [0.1, 0.15) is 0 Å². The van der Waals surface area contributed by atoms with Crippen LogP contribution in [0.5, 0.6) is 0 Å². The Balaban J connectivity index is 1.92. The van der Waals surface area contributed by atoms with Crippen LogP contribution in [0.25, 0.3) is 0 Å². The van der Waals surface area contributed by atoms with Gasteiger partial charge in [0.15, 0.2) is 0 Å². The van der Waals surface area contributed by atoms with Crippen LogP contribution in [0.1, 0.15) is 49.1 Å². The average molecular weight is 249 g/mol. The zero-order chi connectivity index (χ0) is 13.1. The topological polar surface area (TPSA) is 46.9 Å². The number of aromatic nitrogens is 2. The van der Waals surface area contributed by atoms with Gasteiger partial charge in [-0.3, -0.25) is 9.48 Å². The molecule has 0 aliphatic heterocycles. The van der Waals surface area contributed by atoms with E-state index >= 15 is 0 Å². The van der Waals surface area contributed by atoms with Crippen molar-refractivity contribution in [3.8, 4) is 0 Å². The molecule has 1 aromatic heterocycles. The molecule has 18 heavy (non-hydrogen) atoms. The molecule has 1 heterocycles. The smallest absolute Gasteiger partial charge is 0.223 e. The second-order valence-corrected chi connectivity index (χ2v) is 5.33. The van der Waals surface area contributed by atoms with Crippen LogP contribution in [0.3, 0.4) is 0 Å². The summed E-state index contributed by atoms with van der Waals surface area (Å²) in [7, 11) is 1.94. The third-order valence-electron chi connectivity index (χ3n) is 4.07. The second kappa shape index (κ2) is 5.55. The van der Waals surface area contributed by atoms with Crippen molar-refractivity contribution in [2.75, 3.05) is 0 Å². The molecule has 0 radical (unpaired) electrons. The lowest BCUT2D eigenvalue weighted by molar-refractivity contribution is -0.126. The molecule has 4 heteroatoms. The number of hydrogen-bond acceptors (Lipinski definition) is 2. The van der Waals surface area contributed by atoms with Crippen LogP contribution in [0, 0.1) is 19.8 Å². The Morgan fingerprint density at radius 2 is 2.00 bits per heavy atom. The summed E-state index contributed by atoms with van der Waals surface area (Å²) in [6, 6.07) is 0. The van der Waals surface area contributed by atoms with Gasteiger partial charge < -0.3 is 5.32 Å². The highest BCUT2D eigenvalue weighted by atomic mass is 16.1. The molecule has 0 atom stereocenters. The van der Waals surface area contributed by atoms with Crippen molar-refractivity contribution in [3.63, 3.8) is 0 Å². The predicted octanol–water partition coefficient (Wildman–Crippen LogP) is 2.23. The number of amides is 1. The zero-order valence-electron chi connectivity index (χ0n) is 11.6. The summed E-state index contributed by atoms with van der Waals surface area (Å²) in [5.74, 6) is 0.452. The fourth-order valence-corrected chi connectivity index (χ4v) is 2.76. The number of nitrogens with one attached hydrogen (secondary N) is 1. The molecule has 0 spiro atoms. The normalized spacial score (nSPS) is 16.8. The summed E-state index contributed by atoms with van der Waals surface area (Å²) >= 11 is 0. The van der Waals surface area contributed by atoms with Crippen LogP contribution in [0.4, 0.5) is 0 Å². The molecule has 1 fully saturated rings. The van der Waals surface area contributed by atoms with Gasteiger partial charge in [-0.25, -0.2) is 0 Å². The van der Waals surface area contributed by atoms with Crippen molar-refractivity contribution in [1.82, 2.24) is 15.1 Å². The Morgan fingerprint density at radius 1 is 1.33 bits per heavy atom. The number of aryl methyl sites for hydroxylation is 2. The fraction of sp³-hybridized carbons (Fsp3) is 0.714. The highest BCUT2D eigenvalue weighted by Gasteiger charge is 2.21. The van der Waals surface area contributed by atoms with Crippen molar-refractivity contribution in [3.05, 3.63) is 17.0 Å². The number of nitrogens with zero attached hydrogens (tertiary/aromatic N) is 2. The zero-order valence-corrected chi connectivity index (χ0v) is 11.6. The molecule has 100 valence electrons. The van der Waals surface area contributed by atoms with Crippen LogP contribution in [0.2, 0.25) is 0 Å². The first kappa shape index (κ1) is 13.1. The molecule has 2 rings (SSSR count). The van der Waals surface area contributed by atoms with E-state index in [2.05, 4.69) is 10.4 Å². The van der Waals surface area contributed by atoms with E-state index in [1.54, 1.807) is 0 Å². The molecule has 1 aliphatic carbocycles. The van der Waals surface area contributed by atoms with E-state index in [1.165, 1.54) is 19.3 Å². The second-order valence-electron chi connectivity index (χ2n) is 5.33. The van der Waals surface area contributed by atoms with Crippen molar-refractivity contribution in [2.24, 2.45) is 13.0 Å². The number of carbonyl (C=O) groups is 1. The molecular formula is C14H23N3O. The summed E-state index contributed by atoms with van der Waals surface area (Å²) in [5, 5.41) is 7.44. The van der Waals surface area contributed by atoms with Gasteiger partial charge in [-0.1, -0.05) is 19.3 Å². The van der Waals surface area contributed by atoms with E-state index in [1.807, 2.05) is 25.6 Å². The van der Waals surface area contributed by atoms with Gasteiger partial charge in [-0.2, -0.15) is 5.10 Å². The number of hydrogen-bond donors (Lipinski definition) is 1. The lowest BCUT2D eigenvalue weighted by Gasteiger charge is -2.20. The Kier molecular flexibility index (Phi) is 4.04. The van der Waals surface area contributed by atoms with Crippen molar-refractivity contribution in [2.45, 2.75) is 52.5 Å². The van der Waals surface area contributed by atoms with Crippen molar-refractivity contribution >= 4 is 5.91 Å². The Hall–Kier alpha value is -1.32. The summed E-state index contributed by atoms with van der Waals surface area (Å²) in [4.78, 5) is 12.1. The van der Waals surface area contributed by atoms with Crippen LogP contribution < -0.4 is 5.32 Å². The molecule has 4 nitrogen and oxygen atoms in total. The molecule has 1 saturated carbocycles. The summed E-state index contributed by atoms with van der Waals surface area (Å²) in [5.41, 5.74) is 3.30. The highest BCUT2D eigenvalue weighted by molar-refractivity contribution is 5.78. The Bertz CT molecular complexity index is 430. The fourth-order valence-electron chi connectivity index (χ4n) is 2.76. The summed E-state index contributed by atoms with van der Waals surface area (Å²) in [6.07, 6.45) is 5.78. The monoisotopic (exact) mass is 249 g/mol. The Morgan fingerprint density at radius 3 is 2.56 bits per heavy atom. The van der Waals surface area contributed by atoms with Crippen molar-refractivity contribution in [1.29, 1.82) is 0 Å². The average Bonchev–Trinajstić information content (AvgIpc) is 2.62. The summed E-state index contributed by atoms with van der Waals surface area (Å²) in [6.45, 7) is 4.65. The molecule has 1 amide bonds. The minimum atomic E-state index is 0.220. The van der Waals surface area contributed by atoms with Gasteiger partial charge in [-0.15, -0.1) is 0 Å². The molecule has 0 bridgehead atoms. The number of rotatable bonds is 3.